The molecule has 182 valence electrons. The summed E-state index contributed by atoms with van der Waals surface area (Å²) in [6, 6.07) is 9.41. The second-order valence-electron chi connectivity index (χ2n) is 8.13. The highest BCUT2D eigenvalue weighted by Crippen LogP contribution is 2.46. The number of carbonyl (C=O) groups is 3. The zero-order valence-electron chi connectivity index (χ0n) is 17.9. The van der Waals surface area contributed by atoms with Crippen molar-refractivity contribution in [3.05, 3.63) is 105 Å². The number of amides is 3. The van der Waals surface area contributed by atoms with Crippen LogP contribution in [0.2, 0.25) is 0 Å². The molecule has 12 heteroatoms. The lowest BCUT2D eigenvalue weighted by molar-refractivity contribution is -0.385. The van der Waals surface area contributed by atoms with E-state index >= 15 is 0 Å². The Hall–Kier alpha value is -4.61. The minimum Gasteiger partial charge on any atom is -0.300 e. The summed E-state index contributed by atoms with van der Waals surface area (Å²) in [5.41, 5.74) is -2.29. The van der Waals surface area contributed by atoms with Crippen LogP contribution in [0.15, 0.2) is 66.7 Å². The molecule has 3 aromatic carbocycles. The van der Waals surface area contributed by atoms with Crippen LogP contribution in [-0.4, -0.2) is 33.6 Å². The van der Waals surface area contributed by atoms with Crippen molar-refractivity contribution in [2.24, 2.45) is 0 Å². The van der Waals surface area contributed by atoms with Crippen LogP contribution < -0.4 is 4.90 Å². The van der Waals surface area contributed by atoms with Gasteiger partial charge < -0.3 is 4.90 Å². The number of nitro groups is 1. The summed E-state index contributed by atoms with van der Waals surface area (Å²) in [6.07, 6.45) is -4.70. The number of alkyl halides is 3. The minimum absolute atomic E-state index is 0.150. The molecule has 0 unspecified atom stereocenters. The van der Waals surface area contributed by atoms with Crippen molar-refractivity contribution >= 4 is 29.1 Å². The van der Waals surface area contributed by atoms with E-state index in [0.29, 0.717) is 4.90 Å². The smallest absolute Gasteiger partial charge is 0.300 e. The fourth-order valence-electron chi connectivity index (χ4n) is 4.53. The molecule has 2 aliphatic rings. The number of carbonyl (C=O) groups excluding carboxylic acids is 3. The first-order valence-electron chi connectivity index (χ1n) is 10.4. The van der Waals surface area contributed by atoms with E-state index in [0.717, 1.165) is 41.3 Å². The van der Waals surface area contributed by atoms with Gasteiger partial charge in [-0.3, -0.25) is 29.4 Å². The normalized spacial score (nSPS) is 19.4. The molecular weight excluding hydrogens is 486 g/mol. The molecule has 0 aliphatic carbocycles. The monoisotopic (exact) mass is 499 g/mol. The van der Waals surface area contributed by atoms with Gasteiger partial charge in [-0.1, -0.05) is 24.3 Å². The molecule has 2 atom stereocenters. The van der Waals surface area contributed by atoms with E-state index in [-0.39, 0.29) is 16.8 Å². The maximum absolute atomic E-state index is 13.6. The van der Waals surface area contributed by atoms with Gasteiger partial charge in [0.25, 0.3) is 23.4 Å². The van der Waals surface area contributed by atoms with Crippen LogP contribution in [0.3, 0.4) is 0 Å². The Labute approximate surface area is 199 Å². The number of halogens is 4. The fraction of sp³-hybridized carbons (Fsp3) is 0.125. The predicted octanol–water partition coefficient (Wildman–Crippen LogP) is 4.51. The maximum Gasteiger partial charge on any atom is 0.416 e. The highest BCUT2D eigenvalue weighted by atomic mass is 19.4. The molecule has 0 spiro atoms. The molecule has 2 heterocycles. The van der Waals surface area contributed by atoms with Gasteiger partial charge in [0.15, 0.2) is 0 Å². The van der Waals surface area contributed by atoms with Crippen molar-refractivity contribution in [2.45, 2.75) is 18.3 Å². The number of fused-ring (bicyclic) bond motifs is 1. The van der Waals surface area contributed by atoms with Crippen molar-refractivity contribution in [1.29, 1.82) is 0 Å². The zero-order chi connectivity index (χ0) is 25.9. The van der Waals surface area contributed by atoms with Gasteiger partial charge in [-0.25, -0.2) is 4.39 Å². The standard InChI is InChI=1S/C24H13F4N3O5/c25-14-9-7-12(8-10-14)19-20(23(34)29(19)15-4-1-3-13(11-15)24(26,27)28)30-21(32)16-5-2-6-17(31(35)36)18(16)22(30)33/h1-11,19-20H/t19-,20+/m1/s1. The second kappa shape index (κ2) is 7.97. The summed E-state index contributed by atoms with van der Waals surface area (Å²) in [6.45, 7) is 0. The van der Waals surface area contributed by atoms with Crippen LogP contribution in [0.4, 0.5) is 28.9 Å². The number of benzene rings is 3. The summed E-state index contributed by atoms with van der Waals surface area (Å²) in [4.78, 5) is 51.8. The fourth-order valence-corrected chi connectivity index (χ4v) is 4.53. The van der Waals surface area contributed by atoms with Gasteiger partial charge in [0.2, 0.25) is 0 Å². The number of hydrogen-bond acceptors (Lipinski definition) is 5. The van der Waals surface area contributed by atoms with Crippen molar-refractivity contribution in [3.63, 3.8) is 0 Å². The highest BCUT2D eigenvalue weighted by Gasteiger charge is 2.58. The molecule has 3 aromatic rings. The van der Waals surface area contributed by atoms with E-state index in [2.05, 4.69) is 0 Å². The summed E-state index contributed by atoms with van der Waals surface area (Å²) in [7, 11) is 0. The van der Waals surface area contributed by atoms with Crippen LogP contribution >= 0.6 is 0 Å². The van der Waals surface area contributed by atoms with Crippen LogP contribution in [-0.2, 0) is 11.0 Å². The third-order valence-corrected chi connectivity index (χ3v) is 6.13. The third kappa shape index (κ3) is 3.41. The molecule has 0 aromatic heterocycles. The lowest BCUT2D eigenvalue weighted by Crippen LogP contribution is -2.67. The first-order chi connectivity index (χ1) is 17.0. The summed E-state index contributed by atoms with van der Waals surface area (Å²) in [5.74, 6) is -3.52. The number of β-lactam (4-membered cyclic amide) rings is 1. The Morgan fingerprint density at radius 2 is 1.50 bits per heavy atom. The number of anilines is 1. The van der Waals surface area contributed by atoms with Gasteiger partial charge in [-0.05, 0) is 42.0 Å². The van der Waals surface area contributed by atoms with E-state index in [9.17, 15) is 42.1 Å². The molecule has 2 aliphatic heterocycles. The highest BCUT2D eigenvalue weighted by molar-refractivity contribution is 6.26. The number of imide groups is 1. The average Bonchev–Trinajstić information content (AvgIpc) is 3.08. The molecule has 8 nitrogen and oxygen atoms in total. The molecule has 5 rings (SSSR count). The zero-order valence-corrected chi connectivity index (χ0v) is 17.9. The Kier molecular flexibility index (Phi) is 5.12. The van der Waals surface area contributed by atoms with Gasteiger partial charge >= 0.3 is 6.18 Å². The van der Waals surface area contributed by atoms with Crippen LogP contribution in [0.1, 0.15) is 37.9 Å². The number of rotatable bonds is 4. The quantitative estimate of drug-likeness (QED) is 0.173. The molecule has 0 saturated carbocycles. The van der Waals surface area contributed by atoms with Crippen molar-refractivity contribution < 1.29 is 36.9 Å². The van der Waals surface area contributed by atoms with Crippen molar-refractivity contribution in [3.8, 4) is 0 Å². The molecule has 0 radical (unpaired) electrons. The van der Waals surface area contributed by atoms with Gasteiger partial charge in [-0.2, -0.15) is 13.2 Å². The van der Waals surface area contributed by atoms with Gasteiger partial charge in [0.05, 0.1) is 22.1 Å². The molecule has 36 heavy (non-hydrogen) atoms. The average molecular weight is 499 g/mol. The van der Waals surface area contributed by atoms with Crippen LogP contribution in [0, 0.1) is 15.9 Å². The lowest BCUT2D eigenvalue weighted by atomic mass is 9.86. The second-order valence-corrected chi connectivity index (χ2v) is 8.13. The summed E-state index contributed by atoms with van der Waals surface area (Å²) in [5, 5.41) is 11.4. The van der Waals surface area contributed by atoms with E-state index in [1.54, 1.807) is 0 Å². The molecule has 3 amide bonds. The summed E-state index contributed by atoms with van der Waals surface area (Å²) < 4.78 is 53.5. The molecular formula is C24H13F4N3O5. The predicted molar refractivity (Wildman–Crippen MR) is 115 cm³/mol. The largest absolute Gasteiger partial charge is 0.416 e. The van der Waals surface area contributed by atoms with Crippen LogP contribution in [0.5, 0.6) is 0 Å². The van der Waals surface area contributed by atoms with Gasteiger partial charge in [-0.15, -0.1) is 0 Å². The Balaban J connectivity index is 1.61. The van der Waals surface area contributed by atoms with E-state index < -0.39 is 63.5 Å². The van der Waals surface area contributed by atoms with Crippen molar-refractivity contribution in [2.75, 3.05) is 4.90 Å². The van der Waals surface area contributed by atoms with Crippen LogP contribution in [0.25, 0.3) is 0 Å². The number of hydrogen-bond donors (Lipinski definition) is 0. The third-order valence-electron chi connectivity index (χ3n) is 6.13. The maximum atomic E-state index is 13.6. The number of nitrogens with zero attached hydrogens (tertiary/aromatic N) is 3. The van der Waals surface area contributed by atoms with E-state index in [4.69, 9.17) is 0 Å². The molecule has 0 bridgehead atoms. The molecule has 1 fully saturated rings. The van der Waals surface area contributed by atoms with Gasteiger partial charge in [0, 0.05) is 11.8 Å². The van der Waals surface area contributed by atoms with Crippen molar-refractivity contribution in [1.82, 2.24) is 4.90 Å². The molecule has 1 saturated heterocycles. The minimum atomic E-state index is -4.70. The summed E-state index contributed by atoms with van der Waals surface area (Å²) >= 11 is 0. The SMILES string of the molecule is O=C1c2cccc([N+](=O)[O-])c2C(=O)N1[C@@H]1C(=O)N(c2cccc(C(F)(F)F)c2)[C@@H]1c1ccc(F)cc1. The van der Waals surface area contributed by atoms with Gasteiger partial charge in [0.1, 0.15) is 17.4 Å². The first-order valence-corrected chi connectivity index (χ1v) is 10.4. The Morgan fingerprint density at radius 3 is 2.14 bits per heavy atom. The Morgan fingerprint density at radius 1 is 0.833 bits per heavy atom. The number of nitro benzene ring substituents is 1. The topological polar surface area (TPSA) is 101 Å². The van der Waals surface area contributed by atoms with E-state index in [1.165, 1.54) is 30.3 Å². The van der Waals surface area contributed by atoms with E-state index in [1.807, 2.05) is 0 Å². The molecule has 0 N–H and O–H groups in total. The first kappa shape index (κ1) is 23.1. The Bertz CT molecular complexity index is 1450. The lowest BCUT2D eigenvalue weighted by Gasteiger charge is -2.49.